The molecule has 0 aromatic carbocycles. The first-order valence-electron chi connectivity index (χ1n) is 6.04. The first-order chi connectivity index (χ1) is 7.97. The van der Waals surface area contributed by atoms with Crippen molar-refractivity contribution in [3.05, 3.63) is 12.4 Å². The molecular formula is C12H21N5. The average molecular weight is 235 g/mol. The van der Waals surface area contributed by atoms with E-state index in [0.29, 0.717) is 5.82 Å². The molecule has 94 valence electrons. The van der Waals surface area contributed by atoms with Gasteiger partial charge in [-0.25, -0.2) is 4.98 Å². The van der Waals surface area contributed by atoms with Crippen LogP contribution in [0, 0.1) is 0 Å². The number of hydrogen-bond donors (Lipinski definition) is 1. The highest BCUT2D eigenvalue weighted by atomic mass is 15.3. The molecule has 2 rings (SSSR count). The lowest BCUT2D eigenvalue weighted by Crippen LogP contribution is -2.53. The molecule has 0 amide bonds. The Morgan fingerprint density at radius 2 is 1.76 bits per heavy atom. The standard InChI is InChI=1S/C12H21N5/c1-12(2,3)17-6-4-16(5-7-17)11-9-14-8-10(13)15-11/h8-9H,4-7H2,1-3H3,(H2,13,15). The van der Waals surface area contributed by atoms with Crippen molar-refractivity contribution < 1.29 is 0 Å². The number of hydrogen-bond acceptors (Lipinski definition) is 5. The molecule has 5 heteroatoms. The van der Waals surface area contributed by atoms with Crippen LogP contribution in [0.3, 0.4) is 0 Å². The highest BCUT2D eigenvalue weighted by Gasteiger charge is 2.26. The molecule has 0 aliphatic carbocycles. The molecule has 2 heterocycles. The largest absolute Gasteiger partial charge is 0.382 e. The van der Waals surface area contributed by atoms with E-state index in [2.05, 4.69) is 40.5 Å². The van der Waals surface area contributed by atoms with Crippen LogP contribution in [0.2, 0.25) is 0 Å². The molecule has 2 N–H and O–H groups in total. The zero-order valence-corrected chi connectivity index (χ0v) is 10.8. The molecule has 1 aromatic heterocycles. The molecule has 0 saturated carbocycles. The summed E-state index contributed by atoms with van der Waals surface area (Å²) in [5.41, 5.74) is 5.89. The fourth-order valence-electron chi connectivity index (χ4n) is 2.13. The molecular weight excluding hydrogens is 214 g/mol. The SMILES string of the molecule is CC(C)(C)N1CCN(c2cncc(N)n2)CC1. The summed E-state index contributed by atoms with van der Waals surface area (Å²) >= 11 is 0. The van der Waals surface area contributed by atoms with Crippen LogP contribution in [0.5, 0.6) is 0 Å². The van der Waals surface area contributed by atoms with Crippen molar-refractivity contribution in [2.45, 2.75) is 26.3 Å². The van der Waals surface area contributed by atoms with E-state index in [1.54, 1.807) is 12.4 Å². The van der Waals surface area contributed by atoms with Crippen molar-refractivity contribution in [2.75, 3.05) is 36.8 Å². The van der Waals surface area contributed by atoms with Crippen LogP contribution in [0.25, 0.3) is 0 Å². The second-order valence-electron chi connectivity index (χ2n) is 5.45. The number of anilines is 2. The Kier molecular flexibility index (Phi) is 3.19. The van der Waals surface area contributed by atoms with Crippen molar-refractivity contribution in [2.24, 2.45) is 0 Å². The molecule has 5 nitrogen and oxygen atoms in total. The Morgan fingerprint density at radius 1 is 1.12 bits per heavy atom. The minimum Gasteiger partial charge on any atom is -0.382 e. The summed E-state index contributed by atoms with van der Waals surface area (Å²) in [6, 6.07) is 0. The van der Waals surface area contributed by atoms with Gasteiger partial charge in [-0.1, -0.05) is 0 Å². The van der Waals surface area contributed by atoms with Crippen molar-refractivity contribution >= 4 is 11.6 Å². The maximum Gasteiger partial charge on any atom is 0.149 e. The van der Waals surface area contributed by atoms with Gasteiger partial charge in [0.1, 0.15) is 11.6 Å². The summed E-state index contributed by atoms with van der Waals surface area (Å²) < 4.78 is 0. The maximum atomic E-state index is 5.65. The van der Waals surface area contributed by atoms with Gasteiger partial charge in [0.25, 0.3) is 0 Å². The van der Waals surface area contributed by atoms with Gasteiger partial charge in [-0.05, 0) is 20.8 Å². The molecule has 1 aliphatic rings. The van der Waals surface area contributed by atoms with E-state index in [4.69, 9.17) is 5.73 Å². The van der Waals surface area contributed by atoms with Gasteiger partial charge < -0.3 is 10.6 Å². The van der Waals surface area contributed by atoms with Crippen LogP contribution in [0.15, 0.2) is 12.4 Å². The molecule has 17 heavy (non-hydrogen) atoms. The van der Waals surface area contributed by atoms with E-state index in [1.165, 1.54) is 0 Å². The van der Waals surface area contributed by atoms with Gasteiger partial charge in [-0.3, -0.25) is 9.88 Å². The van der Waals surface area contributed by atoms with Crippen molar-refractivity contribution in [1.82, 2.24) is 14.9 Å². The fourth-order valence-corrected chi connectivity index (χ4v) is 2.13. The van der Waals surface area contributed by atoms with Crippen molar-refractivity contribution in [3.8, 4) is 0 Å². The molecule has 0 unspecified atom stereocenters. The van der Waals surface area contributed by atoms with Crippen molar-refractivity contribution in [1.29, 1.82) is 0 Å². The van der Waals surface area contributed by atoms with Crippen LogP contribution in [-0.4, -0.2) is 46.6 Å². The second kappa shape index (κ2) is 4.49. The predicted molar refractivity (Wildman–Crippen MR) is 70.0 cm³/mol. The number of nitrogens with zero attached hydrogens (tertiary/aromatic N) is 4. The smallest absolute Gasteiger partial charge is 0.149 e. The lowest BCUT2D eigenvalue weighted by Gasteiger charge is -2.42. The van der Waals surface area contributed by atoms with E-state index in [-0.39, 0.29) is 5.54 Å². The average Bonchev–Trinajstić information content (AvgIpc) is 2.28. The summed E-state index contributed by atoms with van der Waals surface area (Å²) in [6.07, 6.45) is 3.36. The molecule has 1 saturated heterocycles. The van der Waals surface area contributed by atoms with Crippen LogP contribution in [-0.2, 0) is 0 Å². The lowest BCUT2D eigenvalue weighted by atomic mass is 10.1. The molecule has 1 fully saturated rings. The molecule has 0 bridgehead atoms. The summed E-state index contributed by atoms with van der Waals surface area (Å²) in [5.74, 6) is 1.37. The van der Waals surface area contributed by atoms with E-state index < -0.39 is 0 Å². The quantitative estimate of drug-likeness (QED) is 0.786. The Bertz CT molecular complexity index is 377. The normalized spacial score (nSPS) is 18.4. The Morgan fingerprint density at radius 3 is 2.29 bits per heavy atom. The van der Waals surface area contributed by atoms with E-state index >= 15 is 0 Å². The van der Waals surface area contributed by atoms with Gasteiger partial charge in [0, 0.05) is 31.7 Å². The highest BCUT2D eigenvalue weighted by molar-refractivity contribution is 5.41. The summed E-state index contributed by atoms with van der Waals surface area (Å²) in [7, 11) is 0. The van der Waals surface area contributed by atoms with Crippen LogP contribution >= 0.6 is 0 Å². The van der Waals surface area contributed by atoms with E-state index in [9.17, 15) is 0 Å². The Labute approximate surface area is 103 Å². The summed E-state index contributed by atoms with van der Waals surface area (Å²) in [4.78, 5) is 13.1. The second-order valence-corrected chi connectivity index (χ2v) is 5.45. The van der Waals surface area contributed by atoms with Gasteiger partial charge in [0.2, 0.25) is 0 Å². The number of piperazine rings is 1. The number of aromatic nitrogens is 2. The molecule has 0 spiro atoms. The van der Waals surface area contributed by atoms with Gasteiger partial charge in [0.05, 0.1) is 12.4 Å². The Balaban J connectivity index is 2.00. The molecule has 0 atom stereocenters. The monoisotopic (exact) mass is 235 g/mol. The predicted octanol–water partition coefficient (Wildman–Crippen LogP) is 0.979. The minimum absolute atomic E-state index is 0.244. The molecule has 1 aromatic rings. The zero-order chi connectivity index (χ0) is 12.5. The first kappa shape index (κ1) is 12.1. The maximum absolute atomic E-state index is 5.65. The third-order valence-corrected chi connectivity index (χ3v) is 3.19. The summed E-state index contributed by atoms with van der Waals surface area (Å²) in [5, 5.41) is 0. The number of nitrogens with two attached hydrogens (primary N) is 1. The fraction of sp³-hybridized carbons (Fsp3) is 0.667. The van der Waals surface area contributed by atoms with E-state index in [1.807, 2.05) is 0 Å². The van der Waals surface area contributed by atoms with E-state index in [0.717, 1.165) is 32.0 Å². The molecule has 0 radical (unpaired) electrons. The lowest BCUT2D eigenvalue weighted by molar-refractivity contribution is 0.128. The first-order valence-corrected chi connectivity index (χ1v) is 6.04. The zero-order valence-electron chi connectivity index (χ0n) is 10.8. The summed E-state index contributed by atoms with van der Waals surface area (Å²) in [6.45, 7) is 10.8. The third kappa shape index (κ3) is 2.85. The molecule has 1 aliphatic heterocycles. The topological polar surface area (TPSA) is 58.3 Å². The van der Waals surface area contributed by atoms with Crippen molar-refractivity contribution in [3.63, 3.8) is 0 Å². The Hall–Kier alpha value is -1.36. The van der Waals surface area contributed by atoms with Gasteiger partial charge in [0.15, 0.2) is 0 Å². The van der Waals surface area contributed by atoms with Gasteiger partial charge in [-0.2, -0.15) is 0 Å². The third-order valence-electron chi connectivity index (χ3n) is 3.19. The number of rotatable bonds is 1. The minimum atomic E-state index is 0.244. The van der Waals surface area contributed by atoms with Gasteiger partial charge >= 0.3 is 0 Å². The van der Waals surface area contributed by atoms with Crippen LogP contribution in [0.1, 0.15) is 20.8 Å². The van der Waals surface area contributed by atoms with Gasteiger partial charge in [-0.15, -0.1) is 0 Å². The highest BCUT2D eigenvalue weighted by Crippen LogP contribution is 2.19. The number of nitrogen functional groups attached to an aromatic ring is 1. The van der Waals surface area contributed by atoms with Crippen LogP contribution in [0.4, 0.5) is 11.6 Å². The van der Waals surface area contributed by atoms with Crippen LogP contribution < -0.4 is 10.6 Å².